The molecule has 4 aromatic rings. The Bertz CT molecular complexity index is 1370. The highest BCUT2D eigenvalue weighted by atomic mass is 19.1. The predicted octanol–water partition coefficient (Wildman–Crippen LogP) is 4.65. The van der Waals surface area contributed by atoms with E-state index in [0.717, 1.165) is 41.8 Å². The molecule has 0 unspecified atom stereocenters. The van der Waals surface area contributed by atoms with Crippen LogP contribution in [-0.4, -0.2) is 26.1 Å². The first-order valence-electron chi connectivity index (χ1n) is 10.3. The summed E-state index contributed by atoms with van der Waals surface area (Å²) in [6, 6.07) is 14.0. The number of hydrogen-bond donors (Lipinski definition) is 0. The van der Waals surface area contributed by atoms with Gasteiger partial charge in [-0.15, -0.1) is 5.10 Å². The third-order valence-corrected chi connectivity index (χ3v) is 6.20. The molecule has 0 N–H and O–H groups in total. The van der Waals surface area contributed by atoms with Gasteiger partial charge in [-0.1, -0.05) is 35.1 Å². The van der Waals surface area contributed by atoms with E-state index in [0.29, 0.717) is 5.52 Å². The number of aromatic nitrogens is 4. The Morgan fingerprint density at radius 1 is 1.07 bits per heavy atom. The fraction of sp³-hybridized carbons (Fsp3) is 0.292. The second-order valence-corrected chi connectivity index (χ2v) is 8.43. The van der Waals surface area contributed by atoms with E-state index >= 15 is 0 Å². The van der Waals surface area contributed by atoms with Crippen LogP contribution in [0.3, 0.4) is 0 Å². The molecule has 5 nitrogen and oxygen atoms in total. The van der Waals surface area contributed by atoms with Gasteiger partial charge in [-0.25, -0.2) is 4.40 Å². The van der Waals surface area contributed by atoms with Crippen molar-refractivity contribution in [3.8, 4) is 11.8 Å². The van der Waals surface area contributed by atoms with E-state index in [1.54, 1.807) is 0 Å². The van der Waals surface area contributed by atoms with Crippen LogP contribution in [-0.2, 0) is 6.42 Å². The molecule has 1 fully saturated rings. The minimum atomic E-state index is -0.648. The Labute approximate surface area is 173 Å². The fourth-order valence-corrected chi connectivity index (χ4v) is 4.25. The zero-order valence-electron chi connectivity index (χ0n) is 16.7. The summed E-state index contributed by atoms with van der Waals surface area (Å²) in [5.41, 5.74) is 4.39. The number of benzene rings is 2. The van der Waals surface area contributed by atoms with Crippen LogP contribution in [0.25, 0.3) is 16.7 Å². The number of hydrogen-bond acceptors (Lipinski definition) is 4. The summed E-state index contributed by atoms with van der Waals surface area (Å²) in [5.74, 6) is 7.96. The van der Waals surface area contributed by atoms with Crippen molar-refractivity contribution in [3.05, 3.63) is 59.7 Å². The lowest BCUT2D eigenvalue weighted by Crippen LogP contribution is -2.26. The molecule has 2 aromatic heterocycles. The summed E-state index contributed by atoms with van der Waals surface area (Å²) in [6.07, 6.45) is 3.72. The summed E-state index contributed by atoms with van der Waals surface area (Å²) in [7, 11) is 0. The van der Waals surface area contributed by atoms with E-state index in [1.165, 1.54) is 22.8 Å². The predicted molar refractivity (Wildman–Crippen MR) is 114 cm³/mol. The van der Waals surface area contributed by atoms with Crippen LogP contribution in [0.2, 0.25) is 0 Å². The summed E-state index contributed by atoms with van der Waals surface area (Å²) in [5, 5.41) is 8.40. The highest BCUT2D eigenvalue weighted by Gasteiger charge is 2.35. The quantitative estimate of drug-likeness (QED) is 0.439. The molecule has 2 aliphatic rings. The van der Waals surface area contributed by atoms with Gasteiger partial charge < -0.3 is 4.90 Å². The number of halogens is 1. The van der Waals surface area contributed by atoms with Crippen molar-refractivity contribution in [2.24, 2.45) is 5.41 Å². The molecule has 0 bridgehead atoms. The van der Waals surface area contributed by atoms with Crippen molar-refractivity contribution >= 4 is 28.2 Å². The van der Waals surface area contributed by atoms with Gasteiger partial charge in [-0.2, -0.15) is 9.37 Å². The van der Waals surface area contributed by atoms with Gasteiger partial charge in [-0.05, 0) is 62.4 Å². The molecule has 1 aliphatic carbocycles. The van der Waals surface area contributed by atoms with Crippen molar-refractivity contribution in [1.82, 2.24) is 19.6 Å². The first-order chi connectivity index (χ1) is 14.6. The Hall–Kier alpha value is -3.46. The smallest absolute Gasteiger partial charge is 0.315 e. The van der Waals surface area contributed by atoms with Crippen molar-refractivity contribution in [2.45, 2.75) is 32.6 Å². The lowest BCUT2D eigenvalue weighted by Gasteiger charge is -2.31. The summed E-state index contributed by atoms with van der Waals surface area (Å²) < 4.78 is 15.6. The van der Waals surface area contributed by atoms with E-state index in [1.807, 2.05) is 24.3 Å². The molecule has 0 spiro atoms. The molecular weight excluding hydrogens is 377 g/mol. The van der Waals surface area contributed by atoms with Gasteiger partial charge in [0.05, 0.1) is 5.52 Å². The average molecular weight is 397 g/mol. The molecule has 0 radical (unpaired) electrons. The van der Waals surface area contributed by atoms with Gasteiger partial charge in [-0.3, -0.25) is 0 Å². The Morgan fingerprint density at radius 2 is 1.93 bits per heavy atom. The first-order valence-corrected chi connectivity index (χ1v) is 10.3. The largest absolute Gasteiger partial charge is 0.325 e. The molecule has 30 heavy (non-hydrogen) atoms. The molecule has 148 valence electrons. The minimum Gasteiger partial charge on any atom is -0.325 e. The Morgan fingerprint density at radius 3 is 2.80 bits per heavy atom. The Kier molecular flexibility index (Phi) is 3.64. The zero-order chi connectivity index (χ0) is 20.3. The van der Waals surface area contributed by atoms with E-state index in [4.69, 9.17) is 4.98 Å². The molecule has 6 heteroatoms. The molecule has 6 rings (SSSR count). The second kappa shape index (κ2) is 6.27. The van der Waals surface area contributed by atoms with E-state index in [2.05, 4.69) is 52.1 Å². The van der Waals surface area contributed by atoms with Crippen molar-refractivity contribution in [2.75, 3.05) is 11.4 Å². The van der Waals surface area contributed by atoms with Gasteiger partial charge >= 0.3 is 6.08 Å². The molecule has 2 aromatic carbocycles. The first kappa shape index (κ1) is 17.4. The maximum Gasteiger partial charge on any atom is 0.315 e. The average Bonchev–Trinajstić information content (AvgIpc) is 3.40. The monoisotopic (exact) mass is 397 g/mol. The van der Waals surface area contributed by atoms with E-state index in [9.17, 15) is 4.39 Å². The van der Waals surface area contributed by atoms with E-state index < -0.39 is 6.08 Å². The lowest BCUT2D eigenvalue weighted by molar-refractivity contribution is 0.532. The van der Waals surface area contributed by atoms with Gasteiger partial charge in [0.15, 0.2) is 0 Å². The highest BCUT2D eigenvalue weighted by Crippen LogP contribution is 2.44. The van der Waals surface area contributed by atoms with Crippen LogP contribution in [0.4, 0.5) is 15.9 Å². The standard InChI is InChI=1S/C24H20FN5/c1-24(13-14-24)12-11-16-6-4-10-19-17(16)8-5-15-29(19)21-18-7-2-3-9-20(18)30-22(25)27-28-23(30)26-21/h2-4,6-7,9-10H,5,8,13-15H2,1H3. The van der Waals surface area contributed by atoms with Crippen molar-refractivity contribution in [3.63, 3.8) is 0 Å². The van der Waals surface area contributed by atoms with Crippen LogP contribution in [0, 0.1) is 23.3 Å². The van der Waals surface area contributed by atoms with Crippen LogP contribution in [0.15, 0.2) is 42.5 Å². The van der Waals surface area contributed by atoms with E-state index in [-0.39, 0.29) is 11.2 Å². The minimum absolute atomic E-state index is 0.192. The molecule has 0 amide bonds. The molecule has 0 saturated heterocycles. The third-order valence-electron chi connectivity index (χ3n) is 6.20. The molecule has 1 aliphatic heterocycles. The zero-order valence-corrected chi connectivity index (χ0v) is 16.7. The van der Waals surface area contributed by atoms with Gasteiger partial charge in [0, 0.05) is 28.6 Å². The number of rotatable bonds is 1. The van der Waals surface area contributed by atoms with Gasteiger partial charge in [0.1, 0.15) is 5.82 Å². The van der Waals surface area contributed by atoms with Crippen LogP contribution < -0.4 is 4.90 Å². The maximum absolute atomic E-state index is 14.2. The molecule has 3 heterocycles. The maximum atomic E-state index is 14.2. The topological polar surface area (TPSA) is 46.3 Å². The molecular formula is C24H20FN5. The number of nitrogens with zero attached hydrogens (tertiary/aromatic N) is 5. The molecule has 1 saturated carbocycles. The normalized spacial score (nSPS) is 16.9. The van der Waals surface area contributed by atoms with Crippen molar-refractivity contribution in [1.29, 1.82) is 0 Å². The molecule has 0 atom stereocenters. The lowest BCUT2D eigenvalue weighted by atomic mass is 9.95. The van der Waals surface area contributed by atoms with Crippen LogP contribution in [0.1, 0.15) is 37.3 Å². The highest BCUT2D eigenvalue weighted by molar-refractivity contribution is 5.94. The second-order valence-electron chi connectivity index (χ2n) is 8.43. The van der Waals surface area contributed by atoms with Gasteiger partial charge in [0.25, 0.3) is 5.78 Å². The number of fused-ring (bicyclic) bond motifs is 4. The summed E-state index contributed by atoms with van der Waals surface area (Å²) in [4.78, 5) is 6.93. The number of anilines is 2. The van der Waals surface area contributed by atoms with Crippen molar-refractivity contribution < 1.29 is 4.39 Å². The summed E-state index contributed by atoms with van der Waals surface area (Å²) >= 11 is 0. The van der Waals surface area contributed by atoms with Crippen LogP contribution in [0.5, 0.6) is 0 Å². The third kappa shape index (κ3) is 2.66. The SMILES string of the molecule is CC1(C#Cc2cccc3c2CCCN3c2nc3nnc(F)n3c3ccccc23)CC1. The fourth-order valence-electron chi connectivity index (χ4n) is 4.25. The Balaban J connectivity index is 1.55. The summed E-state index contributed by atoms with van der Waals surface area (Å²) in [6.45, 7) is 3.07. The number of para-hydroxylation sites is 1. The van der Waals surface area contributed by atoms with Crippen LogP contribution >= 0.6 is 0 Å². The van der Waals surface area contributed by atoms with Gasteiger partial charge in [0.2, 0.25) is 0 Å².